The molecule has 0 unspecified atom stereocenters. The van der Waals surface area contributed by atoms with Crippen molar-refractivity contribution in [3.8, 4) is 0 Å². The van der Waals surface area contributed by atoms with Gasteiger partial charge in [-0.15, -0.1) is 0 Å². The molecule has 1 N–H and O–H groups in total. The van der Waals surface area contributed by atoms with E-state index >= 15 is 0 Å². The van der Waals surface area contributed by atoms with E-state index in [1.165, 1.54) is 0 Å². The summed E-state index contributed by atoms with van der Waals surface area (Å²) >= 11 is 0. The van der Waals surface area contributed by atoms with Crippen LogP contribution >= 0.6 is 0 Å². The highest BCUT2D eigenvalue weighted by Crippen LogP contribution is 2.02. The largest absolute Gasteiger partial charge is 0.481 e. The number of furan rings is 1. The zero-order valence-electron chi connectivity index (χ0n) is 5.86. The molecule has 3 heteroatoms. The average molecular weight is 152 g/mol. The lowest BCUT2D eigenvalue weighted by Gasteiger charge is -1.82. The average Bonchev–Trinajstić information content (AvgIpc) is 2.39. The minimum absolute atomic E-state index is 0.0285. The van der Waals surface area contributed by atoms with E-state index in [4.69, 9.17) is 9.52 Å². The zero-order valence-corrected chi connectivity index (χ0v) is 5.86. The Balaban J connectivity index is 2.43. The fourth-order valence-electron chi connectivity index (χ4n) is 0.662. The third kappa shape index (κ3) is 2.71. The Morgan fingerprint density at radius 2 is 2.55 bits per heavy atom. The Labute approximate surface area is 64.0 Å². The van der Waals surface area contributed by atoms with Crippen LogP contribution in [0, 0.1) is 0 Å². The minimum atomic E-state index is -0.840. The van der Waals surface area contributed by atoms with Crippen LogP contribution in [0.15, 0.2) is 28.9 Å². The van der Waals surface area contributed by atoms with Gasteiger partial charge in [0.05, 0.1) is 12.7 Å². The van der Waals surface area contributed by atoms with Crippen LogP contribution in [-0.4, -0.2) is 11.1 Å². The van der Waals surface area contributed by atoms with Crippen molar-refractivity contribution in [3.05, 3.63) is 30.2 Å². The van der Waals surface area contributed by atoms with Crippen molar-refractivity contribution in [3.63, 3.8) is 0 Å². The molecule has 0 bridgehead atoms. The molecule has 0 aliphatic heterocycles. The first-order valence-corrected chi connectivity index (χ1v) is 3.21. The standard InChI is InChI=1S/C8H8O3/c9-8(10)5-1-3-7-4-2-6-11-7/h1-4,6H,5H2,(H,9,10)/b3-1+. The molecule has 0 aliphatic rings. The zero-order chi connectivity index (χ0) is 8.10. The van der Waals surface area contributed by atoms with E-state index in [-0.39, 0.29) is 6.42 Å². The van der Waals surface area contributed by atoms with Gasteiger partial charge in [-0.2, -0.15) is 0 Å². The lowest BCUT2D eigenvalue weighted by molar-refractivity contribution is -0.135. The van der Waals surface area contributed by atoms with E-state index in [2.05, 4.69) is 0 Å². The summed E-state index contributed by atoms with van der Waals surface area (Å²) in [6, 6.07) is 3.51. The number of carboxylic acid groups (broad SMARTS) is 1. The number of rotatable bonds is 3. The molecule has 58 valence electrons. The molecule has 0 fully saturated rings. The van der Waals surface area contributed by atoms with Gasteiger partial charge in [0.2, 0.25) is 0 Å². The topological polar surface area (TPSA) is 50.4 Å². The lowest BCUT2D eigenvalue weighted by Crippen LogP contribution is -1.89. The van der Waals surface area contributed by atoms with Gasteiger partial charge >= 0.3 is 5.97 Å². The molecule has 0 saturated heterocycles. The van der Waals surface area contributed by atoms with Gasteiger partial charge in [-0.3, -0.25) is 4.79 Å². The summed E-state index contributed by atoms with van der Waals surface area (Å²) in [5, 5.41) is 8.26. The maximum atomic E-state index is 10.0. The predicted octanol–water partition coefficient (Wildman–Crippen LogP) is 1.77. The van der Waals surface area contributed by atoms with Crippen molar-refractivity contribution in [1.29, 1.82) is 0 Å². The summed E-state index contributed by atoms with van der Waals surface area (Å²) in [6.07, 6.45) is 4.75. The Morgan fingerprint density at radius 3 is 3.09 bits per heavy atom. The molecule has 0 spiro atoms. The van der Waals surface area contributed by atoms with E-state index in [1.54, 1.807) is 30.5 Å². The second kappa shape index (κ2) is 3.61. The van der Waals surface area contributed by atoms with Crippen molar-refractivity contribution >= 4 is 12.0 Å². The number of hydrogen-bond donors (Lipinski definition) is 1. The second-order valence-electron chi connectivity index (χ2n) is 2.02. The smallest absolute Gasteiger partial charge is 0.307 e. The van der Waals surface area contributed by atoms with Gasteiger partial charge in [-0.25, -0.2) is 0 Å². The molecular formula is C8H8O3. The minimum Gasteiger partial charge on any atom is -0.481 e. The van der Waals surface area contributed by atoms with Crippen molar-refractivity contribution in [2.24, 2.45) is 0 Å². The van der Waals surface area contributed by atoms with Crippen molar-refractivity contribution in [2.45, 2.75) is 6.42 Å². The molecule has 0 aromatic carbocycles. The number of aliphatic carboxylic acids is 1. The maximum Gasteiger partial charge on any atom is 0.307 e. The quantitative estimate of drug-likeness (QED) is 0.718. The third-order valence-corrected chi connectivity index (χ3v) is 1.12. The van der Waals surface area contributed by atoms with E-state index in [0.29, 0.717) is 5.76 Å². The molecule has 0 atom stereocenters. The summed E-state index contributed by atoms with van der Waals surface area (Å²) < 4.78 is 4.94. The van der Waals surface area contributed by atoms with Crippen LogP contribution in [0.25, 0.3) is 6.08 Å². The molecule has 3 nitrogen and oxygen atoms in total. The van der Waals surface area contributed by atoms with Gasteiger partial charge in [-0.1, -0.05) is 6.08 Å². The van der Waals surface area contributed by atoms with Crippen LogP contribution in [0.1, 0.15) is 12.2 Å². The van der Waals surface area contributed by atoms with Crippen LogP contribution in [-0.2, 0) is 4.79 Å². The molecule has 0 aliphatic carbocycles. The first kappa shape index (κ1) is 7.60. The molecular weight excluding hydrogens is 144 g/mol. The molecule has 0 amide bonds. The highest BCUT2D eigenvalue weighted by molar-refractivity contribution is 5.70. The Bertz CT molecular complexity index is 246. The summed E-state index contributed by atoms with van der Waals surface area (Å²) in [7, 11) is 0. The van der Waals surface area contributed by atoms with E-state index in [0.717, 1.165) is 0 Å². The first-order valence-electron chi connectivity index (χ1n) is 3.21. The number of carbonyl (C=O) groups is 1. The Morgan fingerprint density at radius 1 is 1.73 bits per heavy atom. The van der Waals surface area contributed by atoms with E-state index in [9.17, 15) is 4.79 Å². The monoisotopic (exact) mass is 152 g/mol. The van der Waals surface area contributed by atoms with Crippen LogP contribution in [0.4, 0.5) is 0 Å². The fraction of sp³-hybridized carbons (Fsp3) is 0.125. The SMILES string of the molecule is O=C(O)C/C=C/c1ccco1. The normalized spacial score (nSPS) is 10.5. The molecule has 1 rings (SSSR count). The summed E-state index contributed by atoms with van der Waals surface area (Å²) in [5.74, 6) is -0.168. The third-order valence-electron chi connectivity index (χ3n) is 1.12. The van der Waals surface area contributed by atoms with Gasteiger partial charge in [0.25, 0.3) is 0 Å². The molecule has 0 saturated carbocycles. The molecule has 0 radical (unpaired) electrons. The van der Waals surface area contributed by atoms with Crippen molar-refractivity contribution in [2.75, 3.05) is 0 Å². The van der Waals surface area contributed by atoms with Crippen LogP contribution < -0.4 is 0 Å². The van der Waals surface area contributed by atoms with E-state index in [1.807, 2.05) is 0 Å². The molecule has 1 heterocycles. The molecule has 1 aromatic heterocycles. The predicted molar refractivity (Wildman–Crippen MR) is 40.0 cm³/mol. The highest BCUT2D eigenvalue weighted by atomic mass is 16.4. The lowest BCUT2D eigenvalue weighted by atomic mass is 10.3. The molecule has 1 aromatic rings. The fourth-order valence-corrected chi connectivity index (χ4v) is 0.662. The van der Waals surface area contributed by atoms with Gasteiger partial charge in [0, 0.05) is 0 Å². The van der Waals surface area contributed by atoms with Crippen LogP contribution in [0.5, 0.6) is 0 Å². The van der Waals surface area contributed by atoms with Gasteiger partial charge in [0.15, 0.2) is 0 Å². The van der Waals surface area contributed by atoms with Crippen LogP contribution in [0.3, 0.4) is 0 Å². The van der Waals surface area contributed by atoms with E-state index < -0.39 is 5.97 Å². The highest BCUT2D eigenvalue weighted by Gasteiger charge is 1.90. The van der Waals surface area contributed by atoms with Gasteiger partial charge in [-0.05, 0) is 18.2 Å². The van der Waals surface area contributed by atoms with Crippen LogP contribution in [0.2, 0.25) is 0 Å². The molecule has 11 heavy (non-hydrogen) atoms. The second-order valence-corrected chi connectivity index (χ2v) is 2.02. The number of carboxylic acids is 1. The summed E-state index contributed by atoms with van der Waals surface area (Å²) in [4.78, 5) is 10.0. The summed E-state index contributed by atoms with van der Waals surface area (Å²) in [5.41, 5.74) is 0. The van der Waals surface area contributed by atoms with Crippen molar-refractivity contribution < 1.29 is 14.3 Å². The number of hydrogen-bond acceptors (Lipinski definition) is 2. The maximum absolute atomic E-state index is 10.0. The van der Waals surface area contributed by atoms with Crippen molar-refractivity contribution in [1.82, 2.24) is 0 Å². The van der Waals surface area contributed by atoms with Gasteiger partial charge < -0.3 is 9.52 Å². The van der Waals surface area contributed by atoms with Gasteiger partial charge in [0.1, 0.15) is 5.76 Å². The Kier molecular flexibility index (Phi) is 2.49. The first-order chi connectivity index (χ1) is 5.29. The summed E-state index contributed by atoms with van der Waals surface area (Å²) in [6.45, 7) is 0. The Hall–Kier alpha value is -1.51.